The second kappa shape index (κ2) is 20.0. The third kappa shape index (κ3) is 12.8. The topological polar surface area (TPSA) is 275 Å². The maximum absolute atomic E-state index is 14.3. The number of aryl methyl sites for hydroxylation is 1. The number of carbonyl (C=O) groups excluding carboxylic acids is 6. The molecule has 18 nitrogen and oxygen atoms in total. The number of nitrogens with one attached hydrogen (secondary N) is 4. The molecule has 18 heteroatoms. The van der Waals surface area contributed by atoms with E-state index in [-0.39, 0.29) is 55.9 Å². The molecule has 10 N–H and O–H groups in total. The standard InChI is InChI=1S/C37H60N12O6/c1-37(2,3)30(31(38)51)45-33(53)25(14-10-19-41-36(39)40)42-32(52)26-18-17-24-22-48(47-46-24)20-9-5-8-16-28(50)49-21-11-15-27(49)34(54)44-29(35(55)43-26)23-12-6-4-7-13-23/h9,20,22-23,25-27,29-30H,4-8,10-19,21H2,1-3H3,(H2,38,51)(H,42,52)(H,43,55)(H,44,54)(H,45,53)(H4,39,40,41)/b20-9+/t25-,26-,27-,29-,30+/m0/s1. The van der Waals surface area contributed by atoms with Crippen LogP contribution in [0.4, 0.5) is 0 Å². The second-order valence-corrected chi connectivity index (χ2v) is 15.9. The molecule has 0 aromatic carbocycles. The van der Waals surface area contributed by atoms with Crippen molar-refractivity contribution in [3.05, 3.63) is 18.0 Å². The van der Waals surface area contributed by atoms with Gasteiger partial charge in [0.05, 0.1) is 11.9 Å². The summed E-state index contributed by atoms with van der Waals surface area (Å²) in [5, 5.41) is 19.8. The molecule has 1 aromatic heterocycles. The fourth-order valence-corrected chi connectivity index (χ4v) is 7.47. The number of rotatable bonds is 10. The molecular weight excluding hydrogens is 708 g/mol. The zero-order valence-electron chi connectivity index (χ0n) is 32.4. The van der Waals surface area contributed by atoms with Crippen molar-refractivity contribution < 1.29 is 28.8 Å². The molecule has 1 saturated heterocycles. The Hall–Kier alpha value is -5.03. The molecule has 2 bridgehead atoms. The van der Waals surface area contributed by atoms with Gasteiger partial charge in [-0.05, 0) is 75.5 Å². The first-order chi connectivity index (χ1) is 26.1. The van der Waals surface area contributed by atoms with Crippen LogP contribution in [0.15, 0.2) is 17.3 Å². The van der Waals surface area contributed by atoms with Crippen LogP contribution in [-0.4, -0.2) is 105 Å². The van der Waals surface area contributed by atoms with Gasteiger partial charge in [0, 0.05) is 25.7 Å². The van der Waals surface area contributed by atoms with E-state index in [2.05, 4.69) is 36.6 Å². The quantitative estimate of drug-likeness (QED) is 0.0948. The first-order valence-corrected chi connectivity index (χ1v) is 19.6. The summed E-state index contributed by atoms with van der Waals surface area (Å²) in [7, 11) is 0. The van der Waals surface area contributed by atoms with Crippen LogP contribution in [0.1, 0.15) is 110 Å². The Labute approximate surface area is 322 Å². The monoisotopic (exact) mass is 768 g/mol. The lowest BCUT2D eigenvalue weighted by molar-refractivity contribution is -0.140. The maximum Gasteiger partial charge on any atom is 0.243 e. The van der Waals surface area contributed by atoms with Gasteiger partial charge < -0.3 is 43.4 Å². The first-order valence-electron chi connectivity index (χ1n) is 19.6. The number of hydrogen-bond acceptors (Lipinski definition) is 9. The number of fused-ring (bicyclic) bond motifs is 3. The third-order valence-electron chi connectivity index (χ3n) is 10.5. The van der Waals surface area contributed by atoms with Gasteiger partial charge >= 0.3 is 0 Å². The van der Waals surface area contributed by atoms with Crippen LogP contribution in [0, 0.1) is 11.3 Å². The Balaban J connectivity index is 1.64. The summed E-state index contributed by atoms with van der Waals surface area (Å²) >= 11 is 0. The summed E-state index contributed by atoms with van der Waals surface area (Å²) < 4.78 is 1.54. The van der Waals surface area contributed by atoms with E-state index in [1.165, 1.54) is 0 Å². The van der Waals surface area contributed by atoms with Gasteiger partial charge in [0.1, 0.15) is 30.2 Å². The molecular formula is C37H60N12O6. The number of allylic oxidation sites excluding steroid dienone is 1. The number of hydrogen-bond donors (Lipinski definition) is 7. The molecule has 1 aliphatic carbocycles. The lowest BCUT2D eigenvalue weighted by Gasteiger charge is -2.33. The minimum atomic E-state index is -1.16. The highest BCUT2D eigenvalue weighted by molar-refractivity contribution is 5.96. The molecule has 2 aliphatic heterocycles. The molecule has 0 spiro atoms. The van der Waals surface area contributed by atoms with Gasteiger partial charge in [0.25, 0.3) is 0 Å². The molecule has 2 fully saturated rings. The van der Waals surface area contributed by atoms with E-state index < -0.39 is 59.3 Å². The Bertz CT molecular complexity index is 1580. The van der Waals surface area contributed by atoms with Gasteiger partial charge in [-0.25, -0.2) is 4.68 Å². The molecule has 6 amide bonds. The molecule has 304 valence electrons. The van der Waals surface area contributed by atoms with Crippen molar-refractivity contribution in [2.75, 3.05) is 13.1 Å². The predicted octanol–water partition coefficient (Wildman–Crippen LogP) is -0.0392. The number of carbonyl (C=O) groups is 6. The van der Waals surface area contributed by atoms with Crippen molar-refractivity contribution >= 4 is 47.6 Å². The van der Waals surface area contributed by atoms with Gasteiger partial charge in [-0.15, -0.1) is 5.10 Å². The fraction of sp³-hybridized carbons (Fsp3) is 0.703. The average Bonchev–Trinajstić information content (AvgIpc) is 3.81. The van der Waals surface area contributed by atoms with Crippen LogP contribution in [-0.2, 0) is 35.2 Å². The Morgan fingerprint density at radius 2 is 1.69 bits per heavy atom. The smallest absolute Gasteiger partial charge is 0.243 e. The summed E-state index contributed by atoms with van der Waals surface area (Å²) in [4.78, 5) is 87.3. The number of aliphatic imine (C=N–C) groups is 1. The molecule has 3 aliphatic rings. The number of nitrogens with zero attached hydrogens (tertiary/aromatic N) is 5. The van der Waals surface area contributed by atoms with Crippen LogP contribution in [0.5, 0.6) is 0 Å². The van der Waals surface area contributed by atoms with Crippen LogP contribution >= 0.6 is 0 Å². The van der Waals surface area contributed by atoms with E-state index >= 15 is 0 Å². The van der Waals surface area contributed by atoms with Crippen LogP contribution in [0.25, 0.3) is 6.20 Å². The fourth-order valence-electron chi connectivity index (χ4n) is 7.47. The van der Waals surface area contributed by atoms with Crippen molar-refractivity contribution in [3.63, 3.8) is 0 Å². The van der Waals surface area contributed by atoms with E-state index in [1.54, 1.807) is 42.7 Å². The molecule has 0 unspecified atom stereocenters. The van der Waals surface area contributed by atoms with Gasteiger partial charge in [-0.2, -0.15) is 0 Å². The highest BCUT2D eigenvalue weighted by Crippen LogP contribution is 2.28. The third-order valence-corrected chi connectivity index (χ3v) is 10.5. The predicted molar refractivity (Wildman–Crippen MR) is 205 cm³/mol. The summed E-state index contributed by atoms with van der Waals surface area (Å²) in [6, 6.07) is -4.99. The van der Waals surface area contributed by atoms with E-state index in [9.17, 15) is 28.8 Å². The number of guanidine groups is 1. The van der Waals surface area contributed by atoms with Gasteiger partial charge in [-0.3, -0.25) is 33.8 Å². The van der Waals surface area contributed by atoms with Crippen molar-refractivity contribution in [1.82, 2.24) is 41.2 Å². The van der Waals surface area contributed by atoms with E-state index in [0.29, 0.717) is 57.2 Å². The number of aromatic nitrogens is 3. The minimum Gasteiger partial charge on any atom is -0.370 e. The number of primary amides is 1. The molecule has 55 heavy (non-hydrogen) atoms. The van der Waals surface area contributed by atoms with Crippen LogP contribution in [0.3, 0.4) is 0 Å². The molecule has 0 radical (unpaired) electrons. The molecule has 5 atom stereocenters. The summed E-state index contributed by atoms with van der Waals surface area (Å²) in [5.74, 6) is -3.35. The molecule has 4 rings (SSSR count). The van der Waals surface area contributed by atoms with Crippen molar-refractivity contribution in [3.8, 4) is 0 Å². The van der Waals surface area contributed by atoms with E-state index in [4.69, 9.17) is 17.2 Å². The molecule has 1 aromatic rings. The van der Waals surface area contributed by atoms with Crippen LogP contribution in [0.2, 0.25) is 0 Å². The van der Waals surface area contributed by atoms with Crippen molar-refractivity contribution in [1.29, 1.82) is 0 Å². The summed E-state index contributed by atoms with van der Waals surface area (Å²) in [6.07, 6.45) is 13.0. The number of amides is 6. The zero-order valence-corrected chi connectivity index (χ0v) is 32.4. The van der Waals surface area contributed by atoms with E-state index in [0.717, 1.165) is 19.3 Å². The van der Waals surface area contributed by atoms with Gasteiger partial charge in [0.2, 0.25) is 35.4 Å². The Morgan fingerprint density at radius 1 is 0.945 bits per heavy atom. The normalized spacial score (nSPS) is 23.7. The van der Waals surface area contributed by atoms with Gasteiger partial charge in [0.15, 0.2) is 5.96 Å². The maximum atomic E-state index is 14.3. The highest BCUT2D eigenvalue weighted by Gasteiger charge is 2.40. The SMILES string of the molecule is CC(C)(C)[C@H](NC(=O)[C@H](CCCN=C(N)N)NC(=O)[C@@H]1CCc2cn(nn2)/C=C/CCCC(=O)N2CCC[C@H]2C(=O)N[C@@H](C2CCCCC2)C(=O)N1)C(N)=O. The first kappa shape index (κ1) is 42.7. The minimum absolute atomic E-state index is 0.0878. The summed E-state index contributed by atoms with van der Waals surface area (Å²) in [5.41, 5.74) is 16.4. The number of nitrogens with two attached hydrogens (primary N) is 3. The lowest BCUT2D eigenvalue weighted by atomic mass is 9.83. The zero-order chi connectivity index (χ0) is 40.1. The average molecular weight is 769 g/mol. The Kier molecular flexibility index (Phi) is 15.6. The lowest BCUT2D eigenvalue weighted by Crippen LogP contribution is -2.61. The Morgan fingerprint density at radius 3 is 2.38 bits per heavy atom. The molecule has 1 saturated carbocycles. The second-order valence-electron chi connectivity index (χ2n) is 15.9. The largest absolute Gasteiger partial charge is 0.370 e. The van der Waals surface area contributed by atoms with Crippen molar-refractivity contribution in [2.45, 2.75) is 141 Å². The van der Waals surface area contributed by atoms with Gasteiger partial charge in [-0.1, -0.05) is 51.3 Å². The van der Waals surface area contributed by atoms with Crippen LogP contribution < -0.4 is 38.5 Å². The highest BCUT2D eigenvalue weighted by atomic mass is 16.2. The summed E-state index contributed by atoms with van der Waals surface area (Å²) in [6.45, 7) is 5.91. The van der Waals surface area contributed by atoms with Crippen molar-refractivity contribution in [2.24, 2.45) is 33.5 Å². The van der Waals surface area contributed by atoms with E-state index in [1.807, 2.05) is 6.08 Å². The molecule has 3 heterocycles.